The number of rotatable bonds is 17. The first-order valence-corrected chi connectivity index (χ1v) is 17.6. The van der Waals surface area contributed by atoms with Gasteiger partial charge in [-0.25, -0.2) is 13.2 Å². The number of amides is 1. The molecule has 0 aliphatic heterocycles. The molecule has 2 heterocycles. The molecule has 3 N–H and O–H groups in total. The van der Waals surface area contributed by atoms with Gasteiger partial charge in [-0.3, -0.25) is 18.9 Å². The number of carbonyl (C=O) groups is 1. The Hall–Kier alpha value is -4.66. The lowest BCUT2D eigenvalue weighted by Crippen LogP contribution is -2.53. The van der Waals surface area contributed by atoms with Crippen molar-refractivity contribution in [3.63, 3.8) is 0 Å². The molecule has 0 saturated carbocycles. The van der Waals surface area contributed by atoms with Gasteiger partial charge in [-0.15, -0.1) is 0 Å². The van der Waals surface area contributed by atoms with E-state index < -0.39 is 45.7 Å². The summed E-state index contributed by atoms with van der Waals surface area (Å²) in [5.74, 6) is -1.42. The first-order valence-electron chi connectivity index (χ1n) is 16.1. The highest BCUT2D eigenvalue weighted by Gasteiger charge is 2.34. The van der Waals surface area contributed by atoms with E-state index >= 15 is 0 Å². The number of aromatic nitrogens is 3. The number of hydrogen-bond donors (Lipinski definition) is 3. The molecular formula is C35H44N6O7S. The minimum atomic E-state index is -4.09. The van der Waals surface area contributed by atoms with Crippen LogP contribution in [0.25, 0.3) is 0 Å². The van der Waals surface area contributed by atoms with Crippen LogP contribution in [0.1, 0.15) is 50.6 Å². The van der Waals surface area contributed by atoms with Crippen molar-refractivity contribution in [2.45, 2.75) is 70.3 Å². The van der Waals surface area contributed by atoms with Gasteiger partial charge in [0.15, 0.2) is 0 Å². The smallest absolute Gasteiger partial charge is 0.332 e. The molecule has 4 rings (SSSR count). The zero-order chi connectivity index (χ0) is 35.7. The summed E-state index contributed by atoms with van der Waals surface area (Å²) in [6.07, 6.45) is 1.60. The maximum atomic E-state index is 14.0. The second kappa shape index (κ2) is 16.6. The standard InChI is InChI=1S/C35H44N6O7S/c1-24(2)20-39(49(47,48)29-15-13-27(14-16-29)19-37-46)22-31(42)30(18-26-10-6-5-7-11-26)38-34(44)33(25(3)4)41-23-32(43)40(35(41)45)21-28-12-8-9-17-36-28/h5-17,23-25,30-31,33,42-43H,18-22H2,1-4H3,(H,38,44)/t30-,31+,33-/m0/s1. The number of imidazole rings is 1. The zero-order valence-corrected chi connectivity index (χ0v) is 28.9. The summed E-state index contributed by atoms with van der Waals surface area (Å²) in [5, 5.41) is 28.1. The number of aliphatic hydroxyl groups is 1. The van der Waals surface area contributed by atoms with Crippen molar-refractivity contribution in [1.82, 2.24) is 23.7 Å². The van der Waals surface area contributed by atoms with Crippen LogP contribution >= 0.6 is 0 Å². The number of nitroso groups, excluding NO2 is 1. The highest BCUT2D eigenvalue weighted by atomic mass is 32.2. The van der Waals surface area contributed by atoms with E-state index in [2.05, 4.69) is 15.5 Å². The highest BCUT2D eigenvalue weighted by molar-refractivity contribution is 7.89. The van der Waals surface area contributed by atoms with Gasteiger partial charge in [0.25, 0.3) is 0 Å². The van der Waals surface area contributed by atoms with Gasteiger partial charge in [-0.2, -0.15) is 9.21 Å². The number of aromatic hydroxyl groups is 1. The summed E-state index contributed by atoms with van der Waals surface area (Å²) in [4.78, 5) is 42.4. The Bertz CT molecular complexity index is 1840. The molecule has 0 radical (unpaired) electrons. The van der Waals surface area contributed by atoms with Crippen LogP contribution in [-0.2, 0) is 34.3 Å². The Kier molecular flexibility index (Phi) is 12.6. The van der Waals surface area contributed by atoms with Crippen LogP contribution in [0.5, 0.6) is 5.88 Å². The predicted octanol–water partition coefficient (Wildman–Crippen LogP) is 3.70. The number of nitrogens with zero attached hydrogens (tertiary/aromatic N) is 5. The average Bonchev–Trinajstić information content (AvgIpc) is 3.33. The predicted molar refractivity (Wildman–Crippen MR) is 185 cm³/mol. The fourth-order valence-corrected chi connectivity index (χ4v) is 7.28. The first kappa shape index (κ1) is 37.2. The summed E-state index contributed by atoms with van der Waals surface area (Å²) in [7, 11) is -4.09. The molecule has 0 unspecified atom stereocenters. The number of carbonyl (C=O) groups excluding carboxylic acids is 1. The van der Waals surface area contributed by atoms with Gasteiger partial charge in [-0.05, 0) is 53.6 Å². The number of nitrogens with one attached hydrogen (secondary N) is 1. The van der Waals surface area contributed by atoms with E-state index in [1.165, 1.54) is 39.3 Å². The largest absolute Gasteiger partial charge is 0.493 e. The van der Waals surface area contributed by atoms with Crippen molar-refractivity contribution in [1.29, 1.82) is 0 Å². The maximum Gasteiger partial charge on any atom is 0.332 e. The van der Waals surface area contributed by atoms with Gasteiger partial charge in [-0.1, -0.05) is 81.4 Å². The summed E-state index contributed by atoms with van der Waals surface area (Å²) in [6.45, 7) is 6.92. The summed E-state index contributed by atoms with van der Waals surface area (Å²) in [5.41, 5.74) is 1.29. The fraction of sp³-hybridized carbons (Fsp3) is 0.400. The van der Waals surface area contributed by atoms with E-state index in [1.807, 2.05) is 44.2 Å². The van der Waals surface area contributed by atoms with Crippen LogP contribution in [0, 0.1) is 16.7 Å². The van der Waals surface area contributed by atoms with Crippen molar-refractivity contribution in [3.8, 4) is 5.88 Å². The minimum absolute atomic E-state index is 0.00283. The molecule has 262 valence electrons. The summed E-state index contributed by atoms with van der Waals surface area (Å²) >= 11 is 0. The second-order valence-electron chi connectivity index (χ2n) is 12.8. The highest BCUT2D eigenvalue weighted by Crippen LogP contribution is 2.23. The molecule has 0 aliphatic carbocycles. The molecule has 13 nitrogen and oxygen atoms in total. The molecule has 0 aliphatic rings. The Labute approximate surface area is 286 Å². The fourth-order valence-electron chi connectivity index (χ4n) is 5.66. The van der Waals surface area contributed by atoms with E-state index in [9.17, 15) is 33.1 Å². The molecule has 1 amide bonds. The zero-order valence-electron chi connectivity index (χ0n) is 28.1. The molecule has 3 atom stereocenters. The average molecular weight is 693 g/mol. The topological polar surface area (TPSA) is 176 Å². The molecule has 2 aromatic heterocycles. The van der Waals surface area contributed by atoms with E-state index in [1.54, 1.807) is 38.2 Å². The maximum absolute atomic E-state index is 14.0. The Morgan fingerprint density at radius 2 is 1.63 bits per heavy atom. The Morgan fingerprint density at radius 1 is 0.959 bits per heavy atom. The van der Waals surface area contributed by atoms with Crippen LogP contribution in [0.15, 0.2) is 100 Å². The number of pyridine rings is 1. The lowest BCUT2D eigenvalue weighted by atomic mass is 9.98. The molecule has 14 heteroatoms. The van der Waals surface area contributed by atoms with Gasteiger partial charge in [0.05, 0.1) is 35.5 Å². The Morgan fingerprint density at radius 3 is 2.22 bits per heavy atom. The van der Waals surface area contributed by atoms with E-state index in [0.717, 1.165) is 10.1 Å². The normalized spacial score (nSPS) is 13.8. The van der Waals surface area contributed by atoms with E-state index in [0.29, 0.717) is 11.3 Å². The molecule has 4 aromatic rings. The molecule has 2 aromatic carbocycles. The number of sulfonamides is 1. The third-order valence-electron chi connectivity index (χ3n) is 8.09. The van der Waals surface area contributed by atoms with Gasteiger partial charge in [0, 0.05) is 19.3 Å². The van der Waals surface area contributed by atoms with Crippen LogP contribution < -0.4 is 11.0 Å². The van der Waals surface area contributed by atoms with Gasteiger partial charge >= 0.3 is 5.69 Å². The quantitative estimate of drug-likeness (QED) is 0.140. The van der Waals surface area contributed by atoms with Crippen molar-refractivity contribution in [3.05, 3.63) is 117 Å². The minimum Gasteiger partial charge on any atom is -0.493 e. The van der Waals surface area contributed by atoms with Crippen LogP contribution in [0.4, 0.5) is 0 Å². The van der Waals surface area contributed by atoms with Crippen LogP contribution in [-0.4, -0.2) is 68.2 Å². The van der Waals surface area contributed by atoms with Gasteiger partial charge in [0.1, 0.15) is 12.6 Å². The third-order valence-corrected chi connectivity index (χ3v) is 9.93. The van der Waals surface area contributed by atoms with Gasteiger partial charge in [0.2, 0.25) is 21.8 Å². The monoisotopic (exact) mass is 692 g/mol. The third kappa shape index (κ3) is 9.49. The van der Waals surface area contributed by atoms with E-state index in [-0.39, 0.29) is 49.3 Å². The van der Waals surface area contributed by atoms with Crippen molar-refractivity contribution in [2.24, 2.45) is 17.0 Å². The molecule has 0 spiro atoms. The SMILES string of the molecule is CC(C)CN(C[C@@H](O)[C@H](Cc1ccccc1)NC(=O)[C@H](C(C)C)n1cc(O)n(Cc2ccccn2)c1=O)S(=O)(=O)c1ccc(CN=O)cc1. The lowest BCUT2D eigenvalue weighted by Gasteiger charge is -2.32. The number of hydrogen-bond acceptors (Lipinski definition) is 9. The molecule has 49 heavy (non-hydrogen) atoms. The number of aliphatic hydroxyl groups excluding tert-OH is 1. The molecular weight excluding hydrogens is 648 g/mol. The number of benzene rings is 2. The van der Waals surface area contributed by atoms with Crippen LogP contribution in [0.2, 0.25) is 0 Å². The van der Waals surface area contributed by atoms with Crippen molar-refractivity contribution < 1.29 is 23.4 Å². The Balaban J connectivity index is 1.64. The van der Waals surface area contributed by atoms with Gasteiger partial charge < -0.3 is 15.5 Å². The molecule has 0 bridgehead atoms. The summed E-state index contributed by atoms with van der Waals surface area (Å²) in [6, 6.07) is 18.2. The second-order valence-corrected chi connectivity index (χ2v) is 14.7. The van der Waals surface area contributed by atoms with Crippen molar-refractivity contribution in [2.75, 3.05) is 13.1 Å². The van der Waals surface area contributed by atoms with Crippen LogP contribution in [0.3, 0.4) is 0 Å². The molecule has 0 fully saturated rings. The van der Waals surface area contributed by atoms with E-state index in [4.69, 9.17) is 0 Å². The molecule has 0 saturated heterocycles. The first-order chi connectivity index (χ1) is 23.3. The van der Waals surface area contributed by atoms with Crippen molar-refractivity contribution >= 4 is 15.9 Å². The lowest BCUT2D eigenvalue weighted by molar-refractivity contribution is -0.127. The summed E-state index contributed by atoms with van der Waals surface area (Å²) < 4.78 is 31.2.